The van der Waals surface area contributed by atoms with Gasteiger partial charge in [-0.1, -0.05) is 39.8 Å². The summed E-state index contributed by atoms with van der Waals surface area (Å²) in [6.45, 7) is 13.2. The van der Waals surface area contributed by atoms with Crippen LogP contribution in [0.15, 0.2) is 29.2 Å². The van der Waals surface area contributed by atoms with Crippen molar-refractivity contribution in [2.45, 2.75) is 152 Å². The second-order valence-corrected chi connectivity index (χ2v) is 21.8. The van der Waals surface area contributed by atoms with Crippen molar-refractivity contribution >= 4 is 15.9 Å². The van der Waals surface area contributed by atoms with Crippen LogP contribution in [0.25, 0.3) is 0 Å². The van der Waals surface area contributed by atoms with Gasteiger partial charge in [-0.2, -0.15) is 0 Å². The monoisotopic (exact) mass is 835 g/mol. The van der Waals surface area contributed by atoms with Crippen molar-refractivity contribution in [3.63, 3.8) is 0 Å². The highest BCUT2D eigenvalue weighted by molar-refractivity contribution is 7.91. The minimum atomic E-state index is -3.88. The molecule has 4 bridgehead atoms. The molecule has 8 fully saturated rings. The largest absolute Gasteiger partial charge is 0.445 e. The SMILES string of the molecule is CC1CCC(C(C)C(O)CC(CC(O)C(C)C2CCC(C)C3CCC4(C)OCC32OO4)CS(=O)(=O)c2ccc(COC(=O)N(C)C)cc2)C23COC(C)(CCC12)OO3. The molecule has 328 valence electrons. The lowest BCUT2D eigenvalue weighted by Gasteiger charge is -2.54. The average molecular weight is 836 g/mol. The third-order valence-electron chi connectivity index (χ3n) is 15.6. The maximum atomic E-state index is 14.2. The van der Waals surface area contributed by atoms with E-state index in [4.69, 9.17) is 33.8 Å². The van der Waals surface area contributed by atoms with Crippen LogP contribution in [0.4, 0.5) is 4.79 Å². The second kappa shape index (κ2) is 16.8. The van der Waals surface area contributed by atoms with Gasteiger partial charge in [0, 0.05) is 26.9 Å². The summed E-state index contributed by atoms with van der Waals surface area (Å²) in [5.74, 6) is -1.89. The van der Waals surface area contributed by atoms with Gasteiger partial charge in [-0.25, -0.2) is 32.8 Å². The lowest BCUT2D eigenvalue weighted by atomic mass is 9.58. The van der Waals surface area contributed by atoms with E-state index in [2.05, 4.69) is 13.8 Å². The van der Waals surface area contributed by atoms with Crippen LogP contribution in [0, 0.1) is 53.3 Å². The fraction of sp³-hybridized carbons (Fsp3) is 0.841. The summed E-state index contributed by atoms with van der Waals surface area (Å²) in [5, 5.41) is 24.4. The zero-order valence-corrected chi connectivity index (χ0v) is 36.7. The molecule has 2 aliphatic carbocycles. The number of nitrogens with zero attached hydrogens (tertiary/aromatic N) is 1. The Morgan fingerprint density at radius 1 is 0.776 bits per heavy atom. The second-order valence-electron chi connectivity index (χ2n) is 19.8. The van der Waals surface area contributed by atoms with Crippen molar-refractivity contribution in [2.24, 2.45) is 53.3 Å². The quantitative estimate of drug-likeness (QED) is 0.200. The van der Waals surface area contributed by atoms with E-state index in [9.17, 15) is 23.4 Å². The first kappa shape index (κ1) is 44.2. The van der Waals surface area contributed by atoms with E-state index < -0.39 is 56.8 Å². The van der Waals surface area contributed by atoms with E-state index in [1.165, 1.54) is 17.0 Å². The lowest BCUT2D eigenvalue weighted by molar-refractivity contribution is -0.517. The number of ether oxygens (including phenoxy) is 3. The topological polar surface area (TPSA) is 160 Å². The van der Waals surface area contributed by atoms with Crippen molar-refractivity contribution in [3.05, 3.63) is 29.8 Å². The number of hydrogen-bond acceptors (Lipinski definition) is 12. The fourth-order valence-corrected chi connectivity index (χ4v) is 13.5. The molecule has 0 aromatic heterocycles. The fourth-order valence-electron chi connectivity index (χ4n) is 11.8. The number of amides is 1. The maximum Gasteiger partial charge on any atom is 0.409 e. The number of fused-ring (bicyclic) bond motifs is 6. The Bertz CT molecular complexity index is 1610. The first-order valence-electron chi connectivity index (χ1n) is 21.8. The zero-order chi connectivity index (χ0) is 41.8. The Labute approximate surface area is 345 Å². The van der Waals surface area contributed by atoms with Crippen molar-refractivity contribution < 1.29 is 57.2 Å². The van der Waals surface area contributed by atoms with E-state index >= 15 is 0 Å². The average Bonchev–Trinajstić information content (AvgIpc) is 3.59. The zero-order valence-electron chi connectivity index (χ0n) is 35.9. The molecule has 6 saturated heterocycles. The standard InChI is InChI=1S/C44H69NO12S/c1-27-9-15-36(43-25-52-41(5,54-56-43)19-17-34(27)43)29(3)38(46)21-32(24-58(49,50)33-13-11-31(12-14-33)23-51-40(48)45(7)8)22-39(47)30(4)37-16-10-28(2)35-18-20-42(6)53-26-44(35,37)57-55-42/h11-14,27-30,32,34-39,46-47H,9-10,15-26H2,1-8H3. The summed E-state index contributed by atoms with van der Waals surface area (Å²) in [6, 6.07) is 6.37. The number of rotatable bonds is 13. The van der Waals surface area contributed by atoms with Gasteiger partial charge in [0.25, 0.3) is 0 Å². The van der Waals surface area contributed by atoms with Crippen molar-refractivity contribution in [1.29, 1.82) is 0 Å². The first-order valence-corrected chi connectivity index (χ1v) is 23.5. The van der Waals surface area contributed by atoms with Gasteiger partial charge in [0.05, 0.1) is 36.1 Å². The third kappa shape index (κ3) is 8.49. The minimum absolute atomic E-state index is 0.0107. The van der Waals surface area contributed by atoms with Gasteiger partial charge in [0.15, 0.2) is 21.4 Å². The molecule has 0 radical (unpaired) electrons. The number of benzene rings is 1. The van der Waals surface area contributed by atoms with Crippen LogP contribution in [0.3, 0.4) is 0 Å². The normalized spacial score (nSPS) is 39.9. The maximum absolute atomic E-state index is 14.2. The van der Waals surface area contributed by atoms with E-state index in [0.717, 1.165) is 51.4 Å². The van der Waals surface area contributed by atoms with Crippen LogP contribution in [0.5, 0.6) is 0 Å². The molecule has 13 nitrogen and oxygen atoms in total. The summed E-state index contributed by atoms with van der Waals surface area (Å²) in [5.41, 5.74) is -0.759. The molecule has 58 heavy (non-hydrogen) atoms. The van der Waals surface area contributed by atoms with E-state index in [1.807, 2.05) is 27.7 Å². The summed E-state index contributed by atoms with van der Waals surface area (Å²) in [6.07, 6.45) is 4.99. The van der Waals surface area contributed by atoms with Gasteiger partial charge < -0.3 is 29.3 Å². The Kier molecular flexibility index (Phi) is 12.8. The molecule has 1 amide bonds. The number of carbonyl (C=O) groups is 1. The molecular weight excluding hydrogens is 767 g/mol. The van der Waals surface area contributed by atoms with Gasteiger partial charge in [-0.05, 0) is 136 Å². The summed E-state index contributed by atoms with van der Waals surface area (Å²) >= 11 is 0. The van der Waals surface area contributed by atoms with Crippen LogP contribution in [-0.2, 0) is 50.2 Å². The number of aliphatic hydroxyl groups is 2. The van der Waals surface area contributed by atoms with Gasteiger partial charge in [-0.15, -0.1) is 0 Å². The number of aliphatic hydroxyl groups excluding tert-OH is 2. The highest BCUT2D eigenvalue weighted by Crippen LogP contribution is 2.57. The molecule has 9 rings (SSSR count). The van der Waals surface area contributed by atoms with Crippen molar-refractivity contribution in [3.8, 4) is 0 Å². The Morgan fingerprint density at radius 3 is 1.66 bits per heavy atom. The number of sulfone groups is 1. The molecule has 6 aliphatic heterocycles. The predicted molar refractivity (Wildman–Crippen MR) is 213 cm³/mol. The molecule has 2 N–H and O–H groups in total. The molecular formula is C44H69NO12S. The van der Waals surface area contributed by atoms with Gasteiger partial charge >= 0.3 is 6.09 Å². The highest BCUT2D eigenvalue weighted by Gasteiger charge is 2.63. The van der Waals surface area contributed by atoms with Crippen LogP contribution in [-0.4, -0.2) is 97.7 Å². The molecule has 14 heteroatoms. The van der Waals surface area contributed by atoms with Gasteiger partial charge in [-0.3, -0.25) is 0 Å². The Balaban J connectivity index is 1.12. The predicted octanol–water partition coefficient (Wildman–Crippen LogP) is 6.83. The third-order valence-corrected chi connectivity index (χ3v) is 17.5. The van der Waals surface area contributed by atoms with Crippen molar-refractivity contribution in [2.75, 3.05) is 33.1 Å². The lowest BCUT2D eigenvalue weighted by Crippen LogP contribution is -2.61. The minimum Gasteiger partial charge on any atom is -0.445 e. The summed E-state index contributed by atoms with van der Waals surface area (Å²) in [4.78, 5) is 38.0. The van der Waals surface area contributed by atoms with Gasteiger partial charge in [0.2, 0.25) is 0 Å². The van der Waals surface area contributed by atoms with E-state index in [0.29, 0.717) is 30.6 Å². The molecule has 14 atom stereocenters. The Morgan fingerprint density at radius 2 is 1.24 bits per heavy atom. The smallest absolute Gasteiger partial charge is 0.409 e. The number of carbonyl (C=O) groups excluding carboxylic acids is 1. The first-order chi connectivity index (χ1) is 27.3. The molecule has 14 unspecified atom stereocenters. The molecule has 1 aromatic rings. The molecule has 1 aromatic carbocycles. The highest BCUT2D eigenvalue weighted by atomic mass is 32.2. The van der Waals surface area contributed by atoms with Gasteiger partial charge in [0.1, 0.15) is 17.8 Å². The molecule has 8 aliphatic rings. The Hall–Kier alpha value is -1.88. The number of hydrogen-bond donors (Lipinski definition) is 2. The van der Waals surface area contributed by atoms with Crippen LogP contribution in [0.2, 0.25) is 0 Å². The van der Waals surface area contributed by atoms with Crippen LogP contribution in [0.1, 0.15) is 111 Å². The van der Waals surface area contributed by atoms with Crippen LogP contribution >= 0.6 is 0 Å². The molecule has 6 heterocycles. The molecule has 2 spiro atoms. The van der Waals surface area contributed by atoms with Crippen molar-refractivity contribution in [1.82, 2.24) is 4.90 Å². The van der Waals surface area contributed by atoms with E-state index in [1.54, 1.807) is 26.2 Å². The molecule has 2 saturated carbocycles. The van der Waals surface area contributed by atoms with E-state index in [-0.39, 0.29) is 65.6 Å². The summed E-state index contributed by atoms with van der Waals surface area (Å²) in [7, 11) is -0.687. The van der Waals surface area contributed by atoms with Crippen LogP contribution < -0.4 is 0 Å². The summed E-state index contributed by atoms with van der Waals surface area (Å²) < 4.78 is 46.4.